The van der Waals surface area contributed by atoms with E-state index in [1.165, 1.54) is 0 Å². The second-order valence-corrected chi connectivity index (χ2v) is 5.90. The van der Waals surface area contributed by atoms with Gasteiger partial charge in [0.15, 0.2) is 5.78 Å². The van der Waals surface area contributed by atoms with Crippen LogP contribution in [0.25, 0.3) is 0 Å². The van der Waals surface area contributed by atoms with E-state index in [9.17, 15) is 4.79 Å². The molecule has 20 heavy (non-hydrogen) atoms. The van der Waals surface area contributed by atoms with Gasteiger partial charge in [0.25, 0.3) is 0 Å². The molecule has 0 radical (unpaired) electrons. The number of nitrogens with two attached hydrogens (primary N) is 1. The van der Waals surface area contributed by atoms with E-state index >= 15 is 0 Å². The SMILES string of the molecule is CC(C)n1ncc(Br)c1C(=O)CCc1ccc(N)cc1. The van der Waals surface area contributed by atoms with Crippen LogP contribution in [0.1, 0.15) is 42.4 Å². The Labute approximate surface area is 127 Å². The van der Waals surface area contributed by atoms with Crippen molar-refractivity contribution in [2.45, 2.75) is 32.7 Å². The zero-order chi connectivity index (χ0) is 14.7. The highest BCUT2D eigenvalue weighted by molar-refractivity contribution is 9.10. The second kappa shape index (κ2) is 6.22. The maximum absolute atomic E-state index is 12.4. The van der Waals surface area contributed by atoms with Crippen LogP contribution in [-0.2, 0) is 6.42 Å². The maximum Gasteiger partial charge on any atom is 0.182 e. The van der Waals surface area contributed by atoms with Gasteiger partial charge in [-0.15, -0.1) is 0 Å². The van der Waals surface area contributed by atoms with E-state index in [1.807, 2.05) is 38.1 Å². The fourth-order valence-electron chi connectivity index (χ4n) is 2.05. The molecule has 0 saturated carbocycles. The Morgan fingerprint density at radius 2 is 2.00 bits per heavy atom. The molecule has 0 amide bonds. The van der Waals surface area contributed by atoms with Crippen molar-refractivity contribution in [1.29, 1.82) is 0 Å². The number of ketones is 1. The number of hydrogen-bond donors (Lipinski definition) is 1. The molecule has 2 rings (SSSR count). The summed E-state index contributed by atoms with van der Waals surface area (Å²) < 4.78 is 2.52. The third-order valence-electron chi connectivity index (χ3n) is 3.12. The van der Waals surface area contributed by atoms with Crippen molar-refractivity contribution < 1.29 is 4.79 Å². The molecule has 0 fully saturated rings. The van der Waals surface area contributed by atoms with Crippen LogP contribution in [0.2, 0.25) is 0 Å². The Kier molecular flexibility index (Phi) is 4.60. The first kappa shape index (κ1) is 14.8. The molecular weight excluding hydrogens is 318 g/mol. The van der Waals surface area contributed by atoms with Gasteiger partial charge in [-0.1, -0.05) is 12.1 Å². The van der Waals surface area contributed by atoms with Gasteiger partial charge < -0.3 is 5.73 Å². The smallest absolute Gasteiger partial charge is 0.182 e. The third kappa shape index (κ3) is 3.28. The molecule has 2 aromatic rings. The number of hydrogen-bond acceptors (Lipinski definition) is 3. The molecule has 106 valence electrons. The summed E-state index contributed by atoms with van der Waals surface area (Å²) in [6.45, 7) is 4.02. The number of nitrogens with zero attached hydrogens (tertiary/aromatic N) is 2. The Balaban J connectivity index is 2.09. The molecule has 1 heterocycles. The Morgan fingerprint density at radius 3 is 2.60 bits per heavy atom. The number of rotatable bonds is 5. The molecular formula is C15H18BrN3O. The molecule has 0 atom stereocenters. The minimum atomic E-state index is 0.0971. The third-order valence-corrected chi connectivity index (χ3v) is 3.70. The van der Waals surface area contributed by atoms with Crippen LogP contribution in [0.3, 0.4) is 0 Å². The fraction of sp³-hybridized carbons (Fsp3) is 0.333. The van der Waals surface area contributed by atoms with Crippen LogP contribution in [0.4, 0.5) is 5.69 Å². The lowest BCUT2D eigenvalue weighted by atomic mass is 10.1. The van der Waals surface area contributed by atoms with Gasteiger partial charge in [-0.05, 0) is 53.9 Å². The van der Waals surface area contributed by atoms with Gasteiger partial charge in [0.1, 0.15) is 5.69 Å². The van der Waals surface area contributed by atoms with E-state index in [2.05, 4.69) is 21.0 Å². The largest absolute Gasteiger partial charge is 0.399 e. The molecule has 0 bridgehead atoms. The number of carbonyl (C=O) groups is 1. The molecule has 0 unspecified atom stereocenters. The van der Waals surface area contributed by atoms with Gasteiger partial charge in [0.2, 0.25) is 0 Å². The summed E-state index contributed by atoms with van der Waals surface area (Å²) in [6, 6.07) is 7.79. The molecule has 2 N–H and O–H groups in total. The number of carbonyl (C=O) groups excluding carboxylic acids is 1. The molecule has 1 aromatic carbocycles. The topological polar surface area (TPSA) is 60.9 Å². The van der Waals surface area contributed by atoms with Gasteiger partial charge in [-0.2, -0.15) is 5.10 Å². The molecule has 0 spiro atoms. The lowest BCUT2D eigenvalue weighted by Crippen LogP contribution is -2.13. The quantitative estimate of drug-likeness (QED) is 0.670. The van der Waals surface area contributed by atoms with Crippen molar-refractivity contribution >= 4 is 27.4 Å². The molecule has 0 aliphatic carbocycles. The number of aromatic nitrogens is 2. The first-order valence-corrected chi connectivity index (χ1v) is 7.39. The van der Waals surface area contributed by atoms with Crippen molar-refractivity contribution in [3.63, 3.8) is 0 Å². The number of nitrogen functional groups attached to an aromatic ring is 1. The standard InChI is InChI=1S/C15H18BrN3O/c1-10(2)19-15(13(16)9-18-19)14(20)8-5-11-3-6-12(17)7-4-11/h3-4,6-7,9-10H,5,8,17H2,1-2H3. The number of halogens is 1. The van der Waals surface area contributed by atoms with Crippen LogP contribution in [0, 0.1) is 0 Å². The average Bonchev–Trinajstić information content (AvgIpc) is 2.80. The van der Waals surface area contributed by atoms with Crippen molar-refractivity contribution in [3.8, 4) is 0 Å². The number of Topliss-reactive ketones (excluding diaryl/α,β-unsaturated/α-hetero) is 1. The van der Waals surface area contributed by atoms with Gasteiger partial charge in [-0.25, -0.2) is 0 Å². The number of anilines is 1. The predicted octanol–water partition coefficient (Wildman–Crippen LogP) is 3.62. The highest BCUT2D eigenvalue weighted by Gasteiger charge is 2.18. The van der Waals surface area contributed by atoms with Crippen LogP contribution < -0.4 is 5.73 Å². The summed E-state index contributed by atoms with van der Waals surface area (Å²) in [7, 11) is 0. The maximum atomic E-state index is 12.4. The van der Waals surface area contributed by atoms with Crippen LogP contribution in [-0.4, -0.2) is 15.6 Å². The summed E-state index contributed by atoms with van der Waals surface area (Å²) in [4.78, 5) is 12.4. The van der Waals surface area contributed by atoms with E-state index in [1.54, 1.807) is 10.9 Å². The molecule has 0 saturated heterocycles. The Bertz CT molecular complexity index is 602. The lowest BCUT2D eigenvalue weighted by molar-refractivity contribution is 0.0970. The Morgan fingerprint density at radius 1 is 1.35 bits per heavy atom. The summed E-state index contributed by atoms with van der Waals surface area (Å²) in [5, 5.41) is 4.24. The number of aryl methyl sites for hydroxylation is 1. The van der Waals surface area contributed by atoms with Gasteiger partial charge >= 0.3 is 0 Å². The molecule has 1 aromatic heterocycles. The molecule has 0 aliphatic heterocycles. The highest BCUT2D eigenvalue weighted by Crippen LogP contribution is 2.21. The normalized spacial score (nSPS) is 11.0. The minimum absolute atomic E-state index is 0.0971. The van der Waals surface area contributed by atoms with Crippen molar-refractivity contribution in [2.24, 2.45) is 0 Å². The second-order valence-electron chi connectivity index (χ2n) is 5.04. The molecule has 5 heteroatoms. The first-order valence-electron chi connectivity index (χ1n) is 6.59. The fourth-order valence-corrected chi connectivity index (χ4v) is 2.55. The Hall–Kier alpha value is -1.62. The van der Waals surface area contributed by atoms with E-state index in [4.69, 9.17) is 5.73 Å². The summed E-state index contributed by atoms with van der Waals surface area (Å²) in [6.07, 6.45) is 2.84. The van der Waals surface area contributed by atoms with Gasteiger partial charge in [0, 0.05) is 18.2 Å². The van der Waals surface area contributed by atoms with Crippen LogP contribution in [0.15, 0.2) is 34.9 Å². The van der Waals surface area contributed by atoms with Crippen molar-refractivity contribution in [1.82, 2.24) is 9.78 Å². The number of benzene rings is 1. The zero-order valence-corrected chi connectivity index (χ0v) is 13.2. The van der Waals surface area contributed by atoms with Crippen LogP contribution in [0.5, 0.6) is 0 Å². The van der Waals surface area contributed by atoms with Gasteiger partial charge in [0.05, 0.1) is 10.7 Å². The van der Waals surface area contributed by atoms with Crippen molar-refractivity contribution in [3.05, 3.63) is 46.2 Å². The van der Waals surface area contributed by atoms with Crippen LogP contribution >= 0.6 is 15.9 Å². The minimum Gasteiger partial charge on any atom is -0.399 e. The monoisotopic (exact) mass is 335 g/mol. The summed E-state index contributed by atoms with van der Waals surface area (Å²) in [5.41, 5.74) is 8.14. The van der Waals surface area contributed by atoms with E-state index in [-0.39, 0.29) is 11.8 Å². The van der Waals surface area contributed by atoms with E-state index < -0.39 is 0 Å². The summed E-state index contributed by atoms with van der Waals surface area (Å²) >= 11 is 3.40. The summed E-state index contributed by atoms with van der Waals surface area (Å²) in [5.74, 6) is 0.0971. The zero-order valence-electron chi connectivity index (χ0n) is 11.6. The molecule has 4 nitrogen and oxygen atoms in total. The highest BCUT2D eigenvalue weighted by atomic mass is 79.9. The molecule has 0 aliphatic rings. The van der Waals surface area contributed by atoms with E-state index in [0.29, 0.717) is 18.5 Å². The van der Waals surface area contributed by atoms with Crippen molar-refractivity contribution in [2.75, 3.05) is 5.73 Å². The lowest BCUT2D eigenvalue weighted by Gasteiger charge is -2.10. The first-order chi connectivity index (χ1) is 9.49. The van der Waals surface area contributed by atoms with Gasteiger partial charge in [-0.3, -0.25) is 9.48 Å². The predicted molar refractivity (Wildman–Crippen MR) is 83.8 cm³/mol. The van der Waals surface area contributed by atoms with E-state index in [0.717, 1.165) is 15.7 Å². The average molecular weight is 336 g/mol.